The van der Waals surface area contributed by atoms with Gasteiger partial charge in [0.2, 0.25) is 0 Å². The first-order valence-corrected chi connectivity index (χ1v) is 15.8. The summed E-state index contributed by atoms with van der Waals surface area (Å²) in [6.07, 6.45) is 0. The van der Waals surface area contributed by atoms with Crippen molar-refractivity contribution in [3.05, 3.63) is 138 Å². The molecule has 0 bridgehead atoms. The first-order valence-electron chi connectivity index (χ1n) is 14.5. The second-order valence-corrected chi connectivity index (χ2v) is 12.4. The summed E-state index contributed by atoms with van der Waals surface area (Å²) >= 11 is 0. The quantitative estimate of drug-likeness (QED) is 0.110. The maximum atomic E-state index is 12.8. The molecule has 9 heteroatoms. The Kier molecular flexibility index (Phi) is 10.2. The SMILES string of the molecule is COC(=O)c1cc(C(=O)OC)cc(-c2cccc(-c3cc(C(=O)OC)cc(C(=O)OC)c3)c2P(c2ccccc2)c2ccccc2)c1. The molecular weight excluding hydrogens is 615 g/mol. The molecule has 5 aromatic rings. The molecule has 0 amide bonds. The van der Waals surface area contributed by atoms with Crippen LogP contribution in [0.5, 0.6) is 0 Å². The predicted octanol–water partition coefficient (Wildman–Crippen LogP) is 5.93. The van der Waals surface area contributed by atoms with Gasteiger partial charge in [-0.25, -0.2) is 19.2 Å². The van der Waals surface area contributed by atoms with Gasteiger partial charge in [0.15, 0.2) is 0 Å². The van der Waals surface area contributed by atoms with Crippen LogP contribution < -0.4 is 15.9 Å². The van der Waals surface area contributed by atoms with Gasteiger partial charge in [0, 0.05) is 5.30 Å². The molecule has 47 heavy (non-hydrogen) atoms. The highest BCUT2D eigenvalue weighted by Gasteiger charge is 2.27. The molecule has 236 valence electrons. The molecule has 0 spiro atoms. The average Bonchev–Trinajstić information content (AvgIpc) is 3.14. The Labute approximate surface area is 273 Å². The molecule has 0 saturated heterocycles. The van der Waals surface area contributed by atoms with Crippen LogP contribution in [0.25, 0.3) is 22.3 Å². The van der Waals surface area contributed by atoms with Gasteiger partial charge in [-0.1, -0.05) is 78.9 Å². The van der Waals surface area contributed by atoms with Gasteiger partial charge in [-0.15, -0.1) is 0 Å². The number of hydrogen-bond acceptors (Lipinski definition) is 8. The summed E-state index contributed by atoms with van der Waals surface area (Å²) in [4.78, 5) is 51.2. The lowest BCUT2D eigenvalue weighted by molar-refractivity contribution is 0.0581. The molecule has 0 aliphatic carbocycles. The van der Waals surface area contributed by atoms with Crippen molar-refractivity contribution in [3.63, 3.8) is 0 Å². The molecule has 5 aromatic carbocycles. The van der Waals surface area contributed by atoms with Gasteiger partial charge in [0.05, 0.1) is 50.7 Å². The van der Waals surface area contributed by atoms with Gasteiger partial charge >= 0.3 is 23.9 Å². The van der Waals surface area contributed by atoms with E-state index in [2.05, 4.69) is 24.3 Å². The maximum Gasteiger partial charge on any atom is 0.337 e. The van der Waals surface area contributed by atoms with E-state index in [0.29, 0.717) is 11.1 Å². The van der Waals surface area contributed by atoms with Crippen molar-refractivity contribution in [2.75, 3.05) is 28.4 Å². The molecule has 8 nitrogen and oxygen atoms in total. The zero-order valence-electron chi connectivity index (χ0n) is 26.2. The molecule has 0 saturated carbocycles. The third-order valence-electron chi connectivity index (χ3n) is 7.46. The number of benzene rings is 5. The topological polar surface area (TPSA) is 105 Å². The molecule has 0 aliphatic rings. The fraction of sp³-hybridized carbons (Fsp3) is 0.105. The number of hydrogen-bond donors (Lipinski definition) is 0. The van der Waals surface area contributed by atoms with E-state index in [4.69, 9.17) is 18.9 Å². The highest BCUT2D eigenvalue weighted by atomic mass is 31.1. The first-order chi connectivity index (χ1) is 22.8. The van der Waals surface area contributed by atoms with Crippen LogP contribution in [0, 0.1) is 0 Å². The summed E-state index contributed by atoms with van der Waals surface area (Å²) in [5, 5.41) is 2.91. The van der Waals surface area contributed by atoms with E-state index in [1.165, 1.54) is 40.6 Å². The van der Waals surface area contributed by atoms with Crippen LogP contribution in [-0.2, 0) is 18.9 Å². The van der Waals surface area contributed by atoms with Crippen molar-refractivity contribution >= 4 is 47.7 Å². The molecular formula is C38H31O8P. The molecule has 5 rings (SSSR count). The zero-order chi connectivity index (χ0) is 33.5. The van der Waals surface area contributed by atoms with Crippen molar-refractivity contribution in [1.29, 1.82) is 0 Å². The number of carbonyl (C=O) groups is 4. The maximum absolute atomic E-state index is 12.8. The third kappa shape index (κ3) is 6.98. The molecule has 0 heterocycles. The third-order valence-corrected chi connectivity index (χ3v) is 10.0. The minimum Gasteiger partial charge on any atom is -0.465 e. The van der Waals surface area contributed by atoms with E-state index in [1.807, 2.05) is 54.6 Å². The number of ether oxygens (including phenoxy) is 4. The minimum atomic E-state index is -1.31. The largest absolute Gasteiger partial charge is 0.465 e. The first kappa shape index (κ1) is 32.8. The average molecular weight is 647 g/mol. The van der Waals surface area contributed by atoms with E-state index in [1.54, 1.807) is 24.3 Å². The smallest absolute Gasteiger partial charge is 0.337 e. The van der Waals surface area contributed by atoms with Crippen LogP contribution >= 0.6 is 7.92 Å². The molecule has 0 fully saturated rings. The highest BCUT2D eigenvalue weighted by molar-refractivity contribution is 7.80. The molecule has 0 aliphatic heterocycles. The Bertz CT molecular complexity index is 1750. The Hall–Kier alpha value is -5.59. The van der Waals surface area contributed by atoms with Gasteiger partial charge < -0.3 is 18.9 Å². The minimum absolute atomic E-state index is 0.172. The molecule has 0 radical (unpaired) electrons. The van der Waals surface area contributed by atoms with E-state index < -0.39 is 31.8 Å². The fourth-order valence-electron chi connectivity index (χ4n) is 5.32. The van der Waals surface area contributed by atoms with Crippen LogP contribution in [0.1, 0.15) is 41.4 Å². The Morgan fingerprint density at radius 2 is 0.745 bits per heavy atom. The number of rotatable bonds is 9. The van der Waals surface area contributed by atoms with Crippen LogP contribution in [0.4, 0.5) is 0 Å². The summed E-state index contributed by atoms with van der Waals surface area (Å²) in [6, 6.07) is 35.2. The lowest BCUT2D eigenvalue weighted by Gasteiger charge is -2.26. The lowest BCUT2D eigenvalue weighted by Crippen LogP contribution is -2.24. The molecule has 0 N–H and O–H groups in total. The summed E-state index contributed by atoms with van der Waals surface area (Å²) < 4.78 is 20.1. The second kappa shape index (κ2) is 14.7. The van der Waals surface area contributed by atoms with Crippen molar-refractivity contribution in [2.24, 2.45) is 0 Å². The summed E-state index contributed by atoms with van der Waals surface area (Å²) in [6.45, 7) is 0. The predicted molar refractivity (Wildman–Crippen MR) is 181 cm³/mol. The summed E-state index contributed by atoms with van der Waals surface area (Å²) in [5.41, 5.74) is 3.28. The van der Waals surface area contributed by atoms with Gasteiger partial charge in [0.25, 0.3) is 0 Å². The van der Waals surface area contributed by atoms with E-state index in [9.17, 15) is 19.2 Å². The van der Waals surface area contributed by atoms with E-state index >= 15 is 0 Å². The van der Waals surface area contributed by atoms with Crippen molar-refractivity contribution in [3.8, 4) is 22.3 Å². The number of carbonyl (C=O) groups excluding carboxylic acids is 4. The highest BCUT2D eigenvalue weighted by Crippen LogP contribution is 2.42. The van der Waals surface area contributed by atoms with Crippen LogP contribution in [0.15, 0.2) is 115 Å². The van der Waals surface area contributed by atoms with E-state index in [-0.39, 0.29) is 22.3 Å². The monoisotopic (exact) mass is 646 g/mol. The van der Waals surface area contributed by atoms with E-state index in [0.717, 1.165) is 27.0 Å². The van der Waals surface area contributed by atoms with Crippen LogP contribution in [0.3, 0.4) is 0 Å². The Morgan fingerprint density at radius 3 is 1.04 bits per heavy atom. The van der Waals surface area contributed by atoms with Crippen molar-refractivity contribution < 1.29 is 38.1 Å². The summed E-state index contributed by atoms with van der Waals surface area (Å²) in [7, 11) is 3.78. The Morgan fingerprint density at radius 1 is 0.426 bits per heavy atom. The molecule has 0 atom stereocenters. The normalized spacial score (nSPS) is 10.7. The number of methoxy groups -OCH3 is 4. The van der Waals surface area contributed by atoms with Gasteiger partial charge in [0.1, 0.15) is 0 Å². The fourth-order valence-corrected chi connectivity index (χ4v) is 7.96. The van der Waals surface area contributed by atoms with Crippen molar-refractivity contribution in [2.45, 2.75) is 0 Å². The second-order valence-electron chi connectivity index (χ2n) is 10.3. The Balaban J connectivity index is 1.93. The standard InChI is InChI=1S/C38H31O8P/c1-43-35(39)26-18-24(19-27(22-26)36(40)44-2)32-16-11-17-33(25-20-28(37(41)45-3)23-29(21-25)38(42)46-4)34(32)47(30-12-7-5-8-13-30)31-14-9-6-10-15-31/h5-23H,1-4H3. The van der Waals surface area contributed by atoms with Crippen LogP contribution in [0.2, 0.25) is 0 Å². The number of esters is 4. The van der Waals surface area contributed by atoms with Gasteiger partial charge in [-0.3, -0.25) is 0 Å². The molecule has 0 aromatic heterocycles. The van der Waals surface area contributed by atoms with Crippen molar-refractivity contribution in [1.82, 2.24) is 0 Å². The van der Waals surface area contributed by atoms with Gasteiger partial charge in [-0.05, 0) is 77.2 Å². The summed E-state index contributed by atoms with van der Waals surface area (Å²) in [5.74, 6) is -2.46. The van der Waals surface area contributed by atoms with Gasteiger partial charge in [-0.2, -0.15) is 0 Å². The molecule has 0 unspecified atom stereocenters. The zero-order valence-corrected chi connectivity index (χ0v) is 27.1. The lowest BCUT2D eigenvalue weighted by atomic mass is 9.94. The van der Waals surface area contributed by atoms with Crippen LogP contribution in [-0.4, -0.2) is 52.3 Å².